The molecular weight excluding hydrogens is 446 g/mol. The second-order valence-corrected chi connectivity index (χ2v) is 8.59. The molecule has 1 aromatic carbocycles. The molecule has 0 saturated carbocycles. The minimum atomic E-state index is -0.420. The Morgan fingerprint density at radius 3 is 2.80 bits per heavy atom. The van der Waals surface area contributed by atoms with E-state index in [1.807, 2.05) is 52.4 Å². The molecule has 0 atom stereocenters. The van der Waals surface area contributed by atoms with Crippen molar-refractivity contribution in [1.82, 2.24) is 29.2 Å². The Balaban J connectivity index is 1.48. The molecule has 1 aliphatic heterocycles. The number of benzene rings is 1. The largest absolute Gasteiger partial charge is 0.378 e. The number of morpholine rings is 1. The second-order valence-electron chi connectivity index (χ2n) is 8.59. The van der Waals surface area contributed by atoms with Gasteiger partial charge in [0.15, 0.2) is 5.65 Å². The van der Waals surface area contributed by atoms with Crippen LogP contribution in [0.1, 0.15) is 16.2 Å². The number of nitrogens with zero attached hydrogens (tertiary/aromatic N) is 5. The SMILES string of the molecule is Cc1nccn1CCNC(=O)c1c(=O)c2ccc(N3CCOCC3)nc2n2c1[nH]c1ccccc12. The van der Waals surface area contributed by atoms with Gasteiger partial charge in [0.05, 0.1) is 29.6 Å². The van der Waals surface area contributed by atoms with Gasteiger partial charge in [0.25, 0.3) is 5.91 Å². The summed E-state index contributed by atoms with van der Waals surface area (Å²) in [7, 11) is 0. The van der Waals surface area contributed by atoms with E-state index >= 15 is 0 Å². The highest BCUT2D eigenvalue weighted by atomic mass is 16.5. The van der Waals surface area contributed by atoms with Crippen molar-refractivity contribution in [3.05, 3.63) is 70.4 Å². The molecular formula is C25H25N7O3. The summed E-state index contributed by atoms with van der Waals surface area (Å²) in [4.78, 5) is 41.4. The molecule has 5 heterocycles. The Morgan fingerprint density at radius 1 is 1.17 bits per heavy atom. The molecule has 4 aromatic heterocycles. The van der Waals surface area contributed by atoms with Crippen molar-refractivity contribution in [2.45, 2.75) is 13.5 Å². The summed E-state index contributed by atoms with van der Waals surface area (Å²) in [5, 5.41) is 3.31. The highest BCUT2D eigenvalue weighted by molar-refractivity contribution is 6.05. The summed E-state index contributed by atoms with van der Waals surface area (Å²) in [6.45, 7) is 5.59. The van der Waals surface area contributed by atoms with Crippen molar-refractivity contribution in [2.24, 2.45) is 0 Å². The molecule has 10 heteroatoms. The molecule has 1 aliphatic rings. The van der Waals surface area contributed by atoms with Crippen molar-refractivity contribution >= 4 is 39.4 Å². The fraction of sp³-hybridized carbons (Fsp3) is 0.280. The van der Waals surface area contributed by atoms with E-state index in [1.54, 1.807) is 12.3 Å². The van der Waals surface area contributed by atoms with Crippen LogP contribution in [0.25, 0.3) is 27.7 Å². The first-order chi connectivity index (χ1) is 17.1. The van der Waals surface area contributed by atoms with E-state index in [9.17, 15) is 9.59 Å². The molecule has 35 heavy (non-hydrogen) atoms. The van der Waals surface area contributed by atoms with E-state index in [-0.39, 0.29) is 11.0 Å². The average molecular weight is 472 g/mol. The number of hydrogen-bond acceptors (Lipinski definition) is 6. The molecule has 1 fully saturated rings. The van der Waals surface area contributed by atoms with Crippen molar-refractivity contribution in [3.8, 4) is 0 Å². The fourth-order valence-electron chi connectivity index (χ4n) is 4.70. The lowest BCUT2D eigenvalue weighted by Gasteiger charge is -2.27. The predicted molar refractivity (Wildman–Crippen MR) is 133 cm³/mol. The zero-order valence-electron chi connectivity index (χ0n) is 19.3. The standard InChI is InChI=1S/C25H25N7O3/c1-16-26-8-10-30(16)11-9-27-25(34)21-22(33)17-6-7-20(31-12-14-35-15-13-31)29-23(17)32-19-5-3-2-4-18(19)28-24(21)32/h2-8,10,28H,9,11-15H2,1H3,(H,27,34). The number of aromatic amines is 1. The number of ether oxygens (including phenoxy) is 1. The third-order valence-corrected chi connectivity index (χ3v) is 6.53. The number of nitrogens with one attached hydrogen (secondary N) is 2. The summed E-state index contributed by atoms with van der Waals surface area (Å²) in [5.41, 5.74) is 2.37. The number of anilines is 1. The van der Waals surface area contributed by atoms with Crippen LogP contribution < -0.4 is 15.6 Å². The number of carbonyl (C=O) groups is 1. The zero-order valence-corrected chi connectivity index (χ0v) is 19.3. The van der Waals surface area contributed by atoms with Crippen LogP contribution in [0.5, 0.6) is 0 Å². The lowest BCUT2D eigenvalue weighted by atomic mass is 10.1. The van der Waals surface area contributed by atoms with Gasteiger partial charge in [-0.25, -0.2) is 9.97 Å². The molecule has 0 radical (unpaired) electrons. The zero-order chi connectivity index (χ0) is 23.9. The maximum atomic E-state index is 13.6. The normalized spacial score (nSPS) is 14.3. The average Bonchev–Trinajstić information content (AvgIpc) is 3.47. The molecule has 0 unspecified atom stereocenters. The van der Waals surface area contributed by atoms with Gasteiger partial charge in [-0.2, -0.15) is 0 Å². The number of H-pyrrole nitrogens is 1. The van der Waals surface area contributed by atoms with Gasteiger partial charge < -0.3 is 24.5 Å². The number of para-hydroxylation sites is 2. The summed E-state index contributed by atoms with van der Waals surface area (Å²) in [5.74, 6) is 1.23. The van der Waals surface area contributed by atoms with Gasteiger partial charge in [0.2, 0.25) is 5.43 Å². The van der Waals surface area contributed by atoms with Gasteiger partial charge in [-0.05, 0) is 31.2 Å². The van der Waals surface area contributed by atoms with E-state index in [0.29, 0.717) is 43.0 Å². The number of hydrogen-bond donors (Lipinski definition) is 2. The van der Waals surface area contributed by atoms with Crippen molar-refractivity contribution in [3.63, 3.8) is 0 Å². The fourth-order valence-corrected chi connectivity index (χ4v) is 4.70. The minimum Gasteiger partial charge on any atom is -0.378 e. The highest BCUT2D eigenvalue weighted by Gasteiger charge is 2.23. The lowest BCUT2D eigenvalue weighted by Crippen LogP contribution is -2.37. The summed E-state index contributed by atoms with van der Waals surface area (Å²) in [6, 6.07) is 11.3. The van der Waals surface area contributed by atoms with E-state index in [0.717, 1.165) is 35.8 Å². The molecule has 1 amide bonds. The van der Waals surface area contributed by atoms with Gasteiger partial charge in [-0.3, -0.25) is 14.0 Å². The number of aromatic nitrogens is 5. The highest BCUT2D eigenvalue weighted by Crippen LogP contribution is 2.25. The summed E-state index contributed by atoms with van der Waals surface area (Å²) < 4.78 is 9.30. The van der Waals surface area contributed by atoms with Gasteiger partial charge in [0.1, 0.15) is 22.9 Å². The van der Waals surface area contributed by atoms with Crippen LogP contribution in [-0.4, -0.2) is 62.7 Å². The Bertz CT molecular complexity index is 1630. The second kappa shape index (κ2) is 8.55. The molecule has 10 nitrogen and oxygen atoms in total. The van der Waals surface area contributed by atoms with Crippen molar-refractivity contribution in [1.29, 1.82) is 0 Å². The molecule has 178 valence electrons. The molecule has 5 aromatic rings. The van der Waals surface area contributed by atoms with Gasteiger partial charge in [-0.1, -0.05) is 12.1 Å². The van der Waals surface area contributed by atoms with E-state index < -0.39 is 5.91 Å². The first-order valence-electron chi connectivity index (χ1n) is 11.7. The number of rotatable bonds is 5. The first kappa shape index (κ1) is 21.4. The van der Waals surface area contributed by atoms with E-state index in [1.165, 1.54) is 0 Å². The third kappa shape index (κ3) is 3.62. The number of pyridine rings is 2. The van der Waals surface area contributed by atoms with Crippen LogP contribution in [0.3, 0.4) is 0 Å². The van der Waals surface area contributed by atoms with Crippen LogP contribution >= 0.6 is 0 Å². The van der Waals surface area contributed by atoms with Crippen LogP contribution in [0.4, 0.5) is 5.82 Å². The molecule has 0 bridgehead atoms. The van der Waals surface area contributed by atoms with E-state index in [2.05, 4.69) is 20.2 Å². The molecule has 1 saturated heterocycles. The number of imidazole rings is 2. The van der Waals surface area contributed by atoms with Crippen LogP contribution in [0, 0.1) is 6.92 Å². The predicted octanol–water partition coefficient (Wildman–Crippen LogP) is 2.10. The van der Waals surface area contributed by atoms with E-state index in [4.69, 9.17) is 9.72 Å². The smallest absolute Gasteiger partial charge is 0.259 e. The molecule has 0 spiro atoms. The Hall–Kier alpha value is -4.18. The van der Waals surface area contributed by atoms with Gasteiger partial charge >= 0.3 is 0 Å². The number of amides is 1. The first-order valence-corrected chi connectivity index (χ1v) is 11.7. The summed E-state index contributed by atoms with van der Waals surface area (Å²) in [6.07, 6.45) is 3.58. The Morgan fingerprint density at radius 2 is 2.00 bits per heavy atom. The topological polar surface area (TPSA) is 110 Å². The van der Waals surface area contributed by atoms with Gasteiger partial charge in [0, 0.05) is 38.6 Å². The van der Waals surface area contributed by atoms with Crippen LogP contribution in [0.2, 0.25) is 0 Å². The number of fused-ring (bicyclic) bond motifs is 5. The monoisotopic (exact) mass is 471 g/mol. The maximum Gasteiger partial charge on any atom is 0.259 e. The summed E-state index contributed by atoms with van der Waals surface area (Å²) >= 11 is 0. The number of carbonyl (C=O) groups excluding carboxylic acids is 1. The number of aryl methyl sites for hydroxylation is 1. The van der Waals surface area contributed by atoms with Crippen LogP contribution in [0.15, 0.2) is 53.6 Å². The minimum absolute atomic E-state index is 0.0805. The van der Waals surface area contributed by atoms with Crippen molar-refractivity contribution in [2.75, 3.05) is 37.7 Å². The van der Waals surface area contributed by atoms with Crippen LogP contribution in [-0.2, 0) is 11.3 Å². The molecule has 0 aliphatic carbocycles. The third-order valence-electron chi connectivity index (χ3n) is 6.53. The van der Waals surface area contributed by atoms with Gasteiger partial charge in [-0.15, -0.1) is 0 Å². The Labute approximate surface area is 200 Å². The molecule has 2 N–H and O–H groups in total. The lowest BCUT2D eigenvalue weighted by molar-refractivity contribution is 0.0952. The molecule has 6 rings (SSSR count). The van der Waals surface area contributed by atoms with Crippen molar-refractivity contribution < 1.29 is 9.53 Å². The maximum absolute atomic E-state index is 13.6. The quantitative estimate of drug-likeness (QED) is 0.406. The Kier molecular flexibility index (Phi) is 5.22.